The number of imide groups is 1. The van der Waals surface area contributed by atoms with E-state index >= 15 is 0 Å². The van der Waals surface area contributed by atoms with Crippen LogP contribution in [0.25, 0.3) is 6.08 Å². The number of rotatable bonds is 11. The summed E-state index contributed by atoms with van der Waals surface area (Å²) in [7, 11) is -3.13. The third-order valence-electron chi connectivity index (χ3n) is 6.59. The van der Waals surface area contributed by atoms with Crippen molar-refractivity contribution in [1.82, 2.24) is 4.90 Å². The molecule has 43 heavy (non-hydrogen) atoms. The van der Waals surface area contributed by atoms with E-state index in [2.05, 4.69) is 13.8 Å². The van der Waals surface area contributed by atoms with Gasteiger partial charge in [0.2, 0.25) is 0 Å². The number of amides is 2. The largest absolute Gasteiger partial charge is 0.493 e. The Kier molecular flexibility index (Phi) is 9.46. The summed E-state index contributed by atoms with van der Waals surface area (Å²) in [5.41, 5.74) is 2.47. The molecule has 1 fully saturated rings. The minimum absolute atomic E-state index is 0.0330. The Morgan fingerprint density at radius 1 is 1.00 bits per heavy atom. The van der Waals surface area contributed by atoms with Crippen LogP contribution in [0.4, 0.5) is 10.5 Å². The van der Waals surface area contributed by atoms with Crippen molar-refractivity contribution in [3.05, 3.63) is 91.9 Å². The third kappa shape index (κ3) is 7.17. The molecular weight excluding hydrogens is 596 g/mol. The number of carbonyl (C=O) groups excluding carboxylic acids is 2. The summed E-state index contributed by atoms with van der Waals surface area (Å²) in [5, 5.41) is 10.8. The minimum Gasteiger partial charge on any atom is -0.493 e. The molecule has 0 spiro atoms. The number of nitrogens with zero attached hydrogens (tertiary/aromatic N) is 2. The fraction of sp³-hybridized carbons (Fsp3) is 0.267. The van der Waals surface area contributed by atoms with Crippen molar-refractivity contribution in [2.45, 2.75) is 38.5 Å². The molecule has 0 aliphatic carbocycles. The molecule has 3 aromatic carbocycles. The molecule has 0 aromatic heterocycles. The first-order valence-corrected chi connectivity index (χ1v) is 15.4. The molecule has 0 atom stereocenters. The Balaban J connectivity index is 1.48. The second kappa shape index (κ2) is 12.9. The molecule has 0 unspecified atom stereocenters. The van der Waals surface area contributed by atoms with E-state index in [0.717, 1.165) is 39.6 Å². The van der Waals surface area contributed by atoms with Gasteiger partial charge in [0.05, 0.1) is 23.5 Å². The van der Waals surface area contributed by atoms with Gasteiger partial charge in [-0.2, -0.15) is 8.42 Å². The molecule has 0 saturated carbocycles. The molecule has 1 aliphatic rings. The lowest BCUT2D eigenvalue weighted by atomic mass is 10.0. The van der Waals surface area contributed by atoms with Crippen LogP contribution in [0.15, 0.2) is 64.4 Å². The van der Waals surface area contributed by atoms with Gasteiger partial charge < -0.3 is 13.7 Å². The average molecular weight is 627 g/mol. The first-order chi connectivity index (χ1) is 20.3. The van der Waals surface area contributed by atoms with Crippen LogP contribution in [-0.4, -0.2) is 49.6 Å². The van der Waals surface area contributed by atoms with Crippen LogP contribution in [0.5, 0.6) is 17.2 Å². The lowest BCUT2D eigenvalue weighted by Crippen LogP contribution is -2.32. The highest BCUT2D eigenvalue weighted by molar-refractivity contribution is 8.18. The third-order valence-corrected chi connectivity index (χ3v) is 8.73. The number of nitro benzene ring substituents is 1. The predicted molar refractivity (Wildman–Crippen MR) is 162 cm³/mol. The Bertz CT molecular complexity index is 1730. The van der Waals surface area contributed by atoms with E-state index in [1.54, 1.807) is 0 Å². The van der Waals surface area contributed by atoms with E-state index in [1.165, 1.54) is 50.4 Å². The van der Waals surface area contributed by atoms with E-state index in [0.29, 0.717) is 11.1 Å². The van der Waals surface area contributed by atoms with Gasteiger partial charge in [-0.1, -0.05) is 38.1 Å². The van der Waals surface area contributed by atoms with Crippen LogP contribution in [0, 0.1) is 24.0 Å². The van der Waals surface area contributed by atoms with Crippen molar-refractivity contribution in [3.63, 3.8) is 0 Å². The summed E-state index contributed by atoms with van der Waals surface area (Å²) in [6.45, 7) is 7.77. The maximum atomic E-state index is 13.0. The van der Waals surface area contributed by atoms with Gasteiger partial charge >= 0.3 is 10.1 Å². The van der Waals surface area contributed by atoms with Crippen LogP contribution >= 0.6 is 11.8 Å². The number of hydrogen-bond donors (Lipinski definition) is 0. The molecule has 11 nitrogen and oxygen atoms in total. The van der Waals surface area contributed by atoms with Gasteiger partial charge in [0.1, 0.15) is 17.3 Å². The number of hydrogen-bond acceptors (Lipinski definition) is 10. The zero-order valence-electron chi connectivity index (χ0n) is 24.2. The van der Waals surface area contributed by atoms with E-state index < -0.39 is 31.1 Å². The molecule has 226 valence electrons. The summed E-state index contributed by atoms with van der Waals surface area (Å²) in [5.74, 6) is 0.355. The van der Waals surface area contributed by atoms with Crippen LogP contribution in [-0.2, 0) is 14.9 Å². The molecule has 4 rings (SSSR count). The van der Waals surface area contributed by atoms with Gasteiger partial charge in [0, 0.05) is 11.6 Å². The van der Waals surface area contributed by atoms with Crippen molar-refractivity contribution in [1.29, 1.82) is 0 Å². The Labute approximate surface area is 253 Å². The molecule has 0 N–H and O–H groups in total. The molecule has 0 radical (unpaired) electrons. The molecule has 3 aromatic rings. The topological polar surface area (TPSA) is 142 Å². The minimum atomic E-state index is -4.44. The summed E-state index contributed by atoms with van der Waals surface area (Å²) < 4.78 is 42.2. The maximum Gasteiger partial charge on any atom is 0.339 e. The van der Waals surface area contributed by atoms with Crippen molar-refractivity contribution < 1.29 is 36.6 Å². The van der Waals surface area contributed by atoms with Crippen LogP contribution in [0.3, 0.4) is 0 Å². The molecule has 1 heterocycles. The number of benzene rings is 3. The van der Waals surface area contributed by atoms with E-state index in [-0.39, 0.29) is 41.2 Å². The van der Waals surface area contributed by atoms with Gasteiger partial charge in [0.25, 0.3) is 16.8 Å². The highest BCUT2D eigenvalue weighted by atomic mass is 32.2. The van der Waals surface area contributed by atoms with Crippen molar-refractivity contribution in [3.8, 4) is 17.2 Å². The number of methoxy groups -OCH3 is 1. The van der Waals surface area contributed by atoms with Crippen LogP contribution in [0.2, 0.25) is 0 Å². The first-order valence-electron chi connectivity index (χ1n) is 13.2. The number of ether oxygens (including phenoxy) is 2. The lowest BCUT2D eigenvalue weighted by Gasteiger charge is -2.17. The number of aryl methyl sites for hydroxylation is 2. The Morgan fingerprint density at radius 3 is 2.42 bits per heavy atom. The number of thioether (sulfide) groups is 1. The summed E-state index contributed by atoms with van der Waals surface area (Å²) >= 11 is 0.783. The highest BCUT2D eigenvalue weighted by Gasteiger charge is 2.35. The molecule has 1 aliphatic heterocycles. The first kappa shape index (κ1) is 31.6. The SMILES string of the molecule is COc1cc(/C=C2\SC(=O)N(CCOc3cc(C)ccc3C(C)C)C2=O)ccc1OS(=O)(=O)c1ccc(C)c([N+](=O)[O-])c1. The monoisotopic (exact) mass is 626 g/mol. The van der Waals surface area contributed by atoms with Crippen molar-refractivity contribution >= 4 is 44.8 Å². The second-order valence-corrected chi connectivity index (χ2v) is 12.6. The normalized spacial score (nSPS) is 14.5. The molecule has 0 bridgehead atoms. The fourth-order valence-corrected chi connectivity index (χ4v) is 6.11. The van der Waals surface area contributed by atoms with Gasteiger partial charge in [-0.15, -0.1) is 0 Å². The zero-order valence-corrected chi connectivity index (χ0v) is 25.8. The van der Waals surface area contributed by atoms with E-state index in [9.17, 15) is 28.1 Å². The van der Waals surface area contributed by atoms with Gasteiger partial charge in [-0.25, -0.2) is 0 Å². The van der Waals surface area contributed by atoms with E-state index in [4.69, 9.17) is 13.7 Å². The highest BCUT2D eigenvalue weighted by Crippen LogP contribution is 2.36. The second-order valence-electron chi connectivity index (χ2n) is 10.0. The summed E-state index contributed by atoms with van der Waals surface area (Å²) in [6, 6.07) is 13.7. The molecular formula is C30H30N2O9S2. The smallest absolute Gasteiger partial charge is 0.339 e. The fourth-order valence-electron chi connectivity index (χ4n) is 4.29. The Hall–Kier alpha value is -4.36. The number of carbonyl (C=O) groups is 2. The molecule has 1 saturated heterocycles. The van der Waals surface area contributed by atoms with Gasteiger partial charge in [-0.05, 0) is 78.6 Å². The average Bonchev–Trinajstić information content (AvgIpc) is 3.20. The van der Waals surface area contributed by atoms with Crippen LogP contribution < -0.4 is 13.7 Å². The zero-order chi connectivity index (χ0) is 31.5. The summed E-state index contributed by atoms with van der Waals surface area (Å²) in [4.78, 5) is 37.1. The molecule has 2 amide bonds. The van der Waals surface area contributed by atoms with Crippen molar-refractivity contribution in [2.24, 2.45) is 0 Å². The quantitative estimate of drug-likeness (QED) is 0.104. The maximum absolute atomic E-state index is 13.0. The number of nitro groups is 1. The van der Waals surface area contributed by atoms with Crippen molar-refractivity contribution in [2.75, 3.05) is 20.3 Å². The Morgan fingerprint density at radius 2 is 1.74 bits per heavy atom. The summed E-state index contributed by atoms with van der Waals surface area (Å²) in [6.07, 6.45) is 1.49. The van der Waals surface area contributed by atoms with Gasteiger partial charge in [-0.3, -0.25) is 24.6 Å². The van der Waals surface area contributed by atoms with Gasteiger partial charge in [0.15, 0.2) is 11.5 Å². The molecule has 13 heteroatoms. The van der Waals surface area contributed by atoms with Crippen LogP contribution in [0.1, 0.15) is 42.0 Å². The predicted octanol–water partition coefficient (Wildman–Crippen LogP) is 6.23. The van der Waals surface area contributed by atoms with E-state index in [1.807, 2.05) is 25.1 Å². The standard InChI is InChI=1S/C30H30N2O9S2/c1-18(2)23-10-6-19(3)14-26(23)40-13-12-31-29(33)28(42-30(31)34)16-21-8-11-25(27(15-21)39-5)41-43(37,38)22-9-7-20(4)24(17-22)32(35)36/h6-11,14-18H,12-13H2,1-5H3/b28-16-. The lowest BCUT2D eigenvalue weighted by molar-refractivity contribution is -0.385.